The molecular weight excluding hydrogens is 392 g/mol. The van der Waals surface area contributed by atoms with Gasteiger partial charge in [0.1, 0.15) is 6.10 Å². The Bertz CT molecular complexity index is 656. The van der Waals surface area contributed by atoms with Gasteiger partial charge in [0, 0.05) is 0 Å². The van der Waals surface area contributed by atoms with Gasteiger partial charge in [-0.05, 0) is 86.3 Å². The molecular formula is C30H48O2. The molecule has 0 heterocycles. The lowest BCUT2D eigenvalue weighted by Gasteiger charge is -2.34. The van der Waals surface area contributed by atoms with Gasteiger partial charge in [0.25, 0.3) is 0 Å². The monoisotopic (exact) mass is 440 g/mol. The van der Waals surface area contributed by atoms with Gasteiger partial charge in [-0.2, -0.15) is 0 Å². The van der Waals surface area contributed by atoms with E-state index in [0.29, 0.717) is 5.92 Å². The Balaban J connectivity index is 1.43. The van der Waals surface area contributed by atoms with Crippen LogP contribution in [0.25, 0.3) is 0 Å². The van der Waals surface area contributed by atoms with Crippen LogP contribution in [-0.4, -0.2) is 12.1 Å². The second-order valence-corrected chi connectivity index (χ2v) is 10.9. The maximum Gasteiger partial charge on any atom is 0.338 e. The minimum Gasteiger partial charge on any atom is -0.459 e. The second-order valence-electron chi connectivity index (χ2n) is 10.9. The fraction of sp³-hybridized carbons (Fsp3) is 0.767. The Morgan fingerprint density at radius 2 is 1.41 bits per heavy atom. The highest BCUT2D eigenvalue weighted by molar-refractivity contribution is 5.89. The maximum atomic E-state index is 12.7. The molecule has 0 N–H and O–H groups in total. The fourth-order valence-electron chi connectivity index (χ4n) is 6.26. The summed E-state index contributed by atoms with van der Waals surface area (Å²) in [5, 5.41) is 0. The van der Waals surface area contributed by atoms with Crippen molar-refractivity contribution in [2.75, 3.05) is 0 Å². The molecule has 0 aliphatic heterocycles. The molecule has 2 heteroatoms. The first kappa shape index (κ1) is 25.3. The van der Waals surface area contributed by atoms with Crippen LogP contribution in [-0.2, 0) is 4.74 Å². The van der Waals surface area contributed by atoms with Gasteiger partial charge in [-0.15, -0.1) is 0 Å². The predicted molar refractivity (Wildman–Crippen MR) is 135 cm³/mol. The summed E-state index contributed by atoms with van der Waals surface area (Å²) in [6.07, 6.45) is 19.5. The van der Waals surface area contributed by atoms with Gasteiger partial charge in [0.2, 0.25) is 0 Å². The molecule has 3 unspecified atom stereocenters. The quantitative estimate of drug-likeness (QED) is 0.253. The van der Waals surface area contributed by atoms with Crippen LogP contribution in [0.4, 0.5) is 0 Å². The zero-order valence-electron chi connectivity index (χ0n) is 21.1. The number of rotatable bonds is 11. The molecule has 0 bridgehead atoms. The highest BCUT2D eigenvalue weighted by atomic mass is 16.5. The number of hydrogen-bond donors (Lipinski definition) is 0. The minimum atomic E-state index is -0.126. The Morgan fingerprint density at radius 1 is 0.812 bits per heavy atom. The lowest BCUT2D eigenvalue weighted by Crippen LogP contribution is -2.24. The third kappa shape index (κ3) is 7.63. The summed E-state index contributed by atoms with van der Waals surface area (Å²) in [5.74, 6) is 3.02. The van der Waals surface area contributed by atoms with E-state index in [2.05, 4.69) is 32.9 Å². The SMILES string of the molecule is CCCCCC1CCC(c2ccc(C(=O)O[C@H]3CC[C@H](CCCCC)CC3)cc2)C(C)C1. The van der Waals surface area contributed by atoms with Gasteiger partial charge in [-0.3, -0.25) is 0 Å². The van der Waals surface area contributed by atoms with Gasteiger partial charge >= 0.3 is 5.97 Å². The Hall–Kier alpha value is -1.31. The third-order valence-corrected chi connectivity index (χ3v) is 8.35. The zero-order chi connectivity index (χ0) is 22.8. The van der Waals surface area contributed by atoms with Crippen LogP contribution in [0.15, 0.2) is 24.3 Å². The van der Waals surface area contributed by atoms with Crippen molar-refractivity contribution in [3.8, 4) is 0 Å². The Morgan fingerprint density at radius 3 is 2.00 bits per heavy atom. The van der Waals surface area contributed by atoms with Crippen LogP contribution in [0.2, 0.25) is 0 Å². The lowest BCUT2D eigenvalue weighted by molar-refractivity contribution is 0.0161. The summed E-state index contributed by atoms with van der Waals surface area (Å²) in [6.45, 7) is 6.99. The van der Waals surface area contributed by atoms with E-state index in [-0.39, 0.29) is 12.1 Å². The van der Waals surface area contributed by atoms with Crippen molar-refractivity contribution in [2.45, 2.75) is 129 Å². The molecule has 0 saturated heterocycles. The van der Waals surface area contributed by atoms with Crippen molar-refractivity contribution in [3.05, 3.63) is 35.4 Å². The molecule has 180 valence electrons. The number of ether oxygens (including phenoxy) is 1. The second kappa shape index (κ2) is 13.4. The Kier molecular flexibility index (Phi) is 10.6. The van der Waals surface area contributed by atoms with E-state index in [9.17, 15) is 4.79 Å². The molecule has 0 spiro atoms. The number of unbranched alkanes of at least 4 members (excludes halogenated alkanes) is 4. The number of esters is 1. The molecule has 32 heavy (non-hydrogen) atoms. The largest absolute Gasteiger partial charge is 0.459 e. The first-order chi connectivity index (χ1) is 15.6. The van der Waals surface area contributed by atoms with Crippen molar-refractivity contribution in [1.29, 1.82) is 0 Å². The standard InChI is InChI=1S/C30H48O2/c1-4-6-8-10-24-12-19-28(20-13-24)32-30(31)27-17-15-26(16-18-27)29-21-14-25(22-23(29)3)11-9-7-5-2/h15-18,23-25,28-29H,4-14,19-22H2,1-3H3/t23?,24-,25?,28-,29?. The van der Waals surface area contributed by atoms with Gasteiger partial charge < -0.3 is 4.74 Å². The van der Waals surface area contributed by atoms with Crippen molar-refractivity contribution in [3.63, 3.8) is 0 Å². The summed E-state index contributed by atoms with van der Waals surface area (Å²) in [7, 11) is 0. The molecule has 1 aromatic carbocycles. The summed E-state index contributed by atoms with van der Waals surface area (Å²) < 4.78 is 5.88. The van der Waals surface area contributed by atoms with Crippen LogP contribution >= 0.6 is 0 Å². The highest BCUT2D eigenvalue weighted by Gasteiger charge is 2.29. The Labute approximate surface area is 197 Å². The molecule has 2 nitrogen and oxygen atoms in total. The van der Waals surface area contributed by atoms with E-state index < -0.39 is 0 Å². The summed E-state index contributed by atoms with van der Waals surface area (Å²) in [6, 6.07) is 8.40. The van der Waals surface area contributed by atoms with Gasteiger partial charge in [0.15, 0.2) is 0 Å². The van der Waals surface area contributed by atoms with Crippen LogP contribution in [0.5, 0.6) is 0 Å². The molecule has 2 saturated carbocycles. The molecule has 1 aromatic rings. The van der Waals surface area contributed by atoms with Crippen molar-refractivity contribution < 1.29 is 9.53 Å². The zero-order valence-corrected chi connectivity index (χ0v) is 21.1. The first-order valence-electron chi connectivity index (χ1n) is 13.9. The van der Waals surface area contributed by atoms with E-state index in [1.807, 2.05) is 12.1 Å². The number of carbonyl (C=O) groups is 1. The van der Waals surface area contributed by atoms with Crippen molar-refractivity contribution >= 4 is 5.97 Å². The molecule has 0 radical (unpaired) electrons. The van der Waals surface area contributed by atoms with E-state index in [1.54, 1.807) is 0 Å². The topological polar surface area (TPSA) is 26.3 Å². The molecule has 2 aliphatic carbocycles. The van der Waals surface area contributed by atoms with Crippen LogP contribution < -0.4 is 0 Å². The van der Waals surface area contributed by atoms with Crippen molar-refractivity contribution in [1.82, 2.24) is 0 Å². The van der Waals surface area contributed by atoms with Gasteiger partial charge in [-0.25, -0.2) is 4.79 Å². The molecule has 3 atom stereocenters. The summed E-state index contributed by atoms with van der Waals surface area (Å²) in [4.78, 5) is 12.7. The molecule has 3 rings (SSSR count). The van der Waals surface area contributed by atoms with Gasteiger partial charge in [-0.1, -0.05) is 84.3 Å². The van der Waals surface area contributed by atoms with Gasteiger partial charge in [0.05, 0.1) is 5.56 Å². The molecule has 0 amide bonds. The number of hydrogen-bond acceptors (Lipinski definition) is 2. The lowest BCUT2D eigenvalue weighted by atomic mass is 9.71. The average molecular weight is 441 g/mol. The van der Waals surface area contributed by atoms with Crippen LogP contribution in [0.3, 0.4) is 0 Å². The first-order valence-corrected chi connectivity index (χ1v) is 13.9. The normalized spacial score (nSPS) is 28.4. The minimum absolute atomic E-state index is 0.118. The van der Waals surface area contributed by atoms with Crippen molar-refractivity contribution in [2.24, 2.45) is 17.8 Å². The van der Waals surface area contributed by atoms with E-state index in [1.165, 1.54) is 89.0 Å². The van der Waals surface area contributed by atoms with Crippen LogP contribution in [0, 0.1) is 17.8 Å². The van der Waals surface area contributed by atoms with E-state index in [4.69, 9.17) is 4.74 Å². The van der Waals surface area contributed by atoms with E-state index in [0.717, 1.165) is 36.2 Å². The third-order valence-electron chi connectivity index (χ3n) is 8.35. The predicted octanol–water partition coefficient (Wildman–Crippen LogP) is 9.08. The van der Waals surface area contributed by atoms with E-state index >= 15 is 0 Å². The number of benzene rings is 1. The smallest absolute Gasteiger partial charge is 0.338 e. The number of carbonyl (C=O) groups excluding carboxylic acids is 1. The fourth-order valence-corrected chi connectivity index (χ4v) is 6.26. The molecule has 2 fully saturated rings. The summed E-state index contributed by atoms with van der Waals surface area (Å²) >= 11 is 0. The maximum absolute atomic E-state index is 12.7. The highest BCUT2D eigenvalue weighted by Crippen LogP contribution is 2.42. The van der Waals surface area contributed by atoms with Crippen LogP contribution in [0.1, 0.15) is 139 Å². The average Bonchev–Trinajstić information content (AvgIpc) is 2.81. The summed E-state index contributed by atoms with van der Waals surface area (Å²) in [5.41, 5.74) is 2.13. The molecule has 0 aromatic heterocycles. The molecule has 2 aliphatic rings.